The van der Waals surface area contributed by atoms with Gasteiger partial charge in [0.1, 0.15) is 0 Å². The molecule has 0 unspecified atom stereocenters. The highest BCUT2D eigenvalue weighted by Gasteiger charge is 2.28. The molecule has 0 aliphatic heterocycles. The molecule has 0 bridgehead atoms. The van der Waals surface area contributed by atoms with Crippen LogP contribution in [0.1, 0.15) is 94.0 Å². The SMILES string of the molecule is CCCCCOC(=O)NC(C)(C)c1cccc(C(C)(C)NC(=O)OCCCCC)c1.[HH].[HH]. The van der Waals surface area contributed by atoms with E-state index in [1.807, 2.05) is 52.0 Å². The number of hydrogen-bond donors (Lipinski definition) is 2. The van der Waals surface area contributed by atoms with Gasteiger partial charge in [-0.15, -0.1) is 0 Å². The lowest BCUT2D eigenvalue weighted by Crippen LogP contribution is -2.43. The van der Waals surface area contributed by atoms with Crippen molar-refractivity contribution in [3.8, 4) is 0 Å². The van der Waals surface area contributed by atoms with Crippen molar-refractivity contribution in [1.29, 1.82) is 0 Å². The Morgan fingerprint density at radius 3 is 1.57 bits per heavy atom. The quantitative estimate of drug-likeness (QED) is 0.376. The molecular weight excluding hydrogens is 380 g/mol. The molecule has 2 amide bonds. The minimum Gasteiger partial charge on any atom is -0.450 e. The van der Waals surface area contributed by atoms with Gasteiger partial charge in [0.2, 0.25) is 0 Å². The molecule has 2 N–H and O–H groups in total. The Labute approximate surface area is 185 Å². The van der Waals surface area contributed by atoms with Crippen LogP contribution in [-0.4, -0.2) is 25.4 Å². The van der Waals surface area contributed by atoms with Gasteiger partial charge < -0.3 is 20.1 Å². The predicted octanol–water partition coefficient (Wildman–Crippen LogP) is 6.48. The smallest absolute Gasteiger partial charge is 0.407 e. The second-order valence-corrected chi connectivity index (χ2v) is 8.77. The fourth-order valence-electron chi connectivity index (χ4n) is 3.06. The first-order chi connectivity index (χ1) is 14.1. The Morgan fingerprint density at radius 1 is 0.800 bits per heavy atom. The van der Waals surface area contributed by atoms with Crippen molar-refractivity contribution in [2.45, 2.75) is 91.1 Å². The van der Waals surface area contributed by atoms with Gasteiger partial charge in [-0.05, 0) is 51.7 Å². The molecular formula is C24H44N2O4. The number of alkyl carbamates (subject to hydrolysis) is 2. The van der Waals surface area contributed by atoms with Crippen molar-refractivity contribution in [3.63, 3.8) is 0 Å². The van der Waals surface area contributed by atoms with Crippen molar-refractivity contribution in [2.24, 2.45) is 0 Å². The third-order valence-corrected chi connectivity index (χ3v) is 5.10. The summed E-state index contributed by atoms with van der Waals surface area (Å²) in [6.45, 7) is 12.8. The maximum atomic E-state index is 12.2. The minimum atomic E-state index is -0.616. The van der Waals surface area contributed by atoms with Crippen LogP contribution in [0.3, 0.4) is 0 Å². The zero-order valence-electron chi connectivity index (χ0n) is 19.6. The molecule has 0 saturated carbocycles. The van der Waals surface area contributed by atoms with E-state index in [2.05, 4.69) is 24.5 Å². The van der Waals surface area contributed by atoms with E-state index in [9.17, 15) is 9.59 Å². The van der Waals surface area contributed by atoms with E-state index < -0.39 is 23.3 Å². The van der Waals surface area contributed by atoms with Crippen LogP contribution in [0.5, 0.6) is 0 Å². The molecule has 0 atom stereocenters. The largest absolute Gasteiger partial charge is 0.450 e. The van der Waals surface area contributed by atoms with E-state index in [1.54, 1.807) is 0 Å². The van der Waals surface area contributed by atoms with Crippen LogP contribution in [0.2, 0.25) is 0 Å². The lowest BCUT2D eigenvalue weighted by molar-refractivity contribution is 0.133. The Kier molecular flexibility index (Phi) is 10.7. The maximum absolute atomic E-state index is 12.2. The van der Waals surface area contributed by atoms with Crippen LogP contribution < -0.4 is 10.6 Å². The van der Waals surface area contributed by atoms with Gasteiger partial charge in [0.05, 0.1) is 24.3 Å². The number of carbonyl (C=O) groups excluding carboxylic acids is 2. The zero-order valence-corrected chi connectivity index (χ0v) is 19.6. The highest BCUT2D eigenvalue weighted by Crippen LogP contribution is 2.27. The number of rotatable bonds is 12. The van der Waals surface area contributed by atoms with Crippen molar-refractivity contribution < 1.29 is 21.9 Å². The maximum Gasteiger partial charge on any atom is 0.407 e. The fourth-order valence-corrected chi connectivity index (χ4v) is 3.06. The lowest BCUT2D eigenvalue weighted by Gasteiger charge is -2.30. The molecule has 30 heavy (non-hydrogen) atoms. The zero-order chi connectivity index (χ0) is 22.6. The minimum absolute atomic E-state index is 0. The van der Waals surface area contributed by atoms with Crippen LogP contribution in [0, 0.1) is 0 Å². The summed E-state index contributed by atoms with van der Waals surface area (Å²) in [7, 11) is 0. The molecule has 0 aliphatic rings. The molecule has 1 aromatic rings. The summed E-state index contributed by atoms with van der Waals surface area (Å²) in [4.78, 5) is 24.3. The summed E-state index contributed by atoms with van der Waals surface area (Å²) in [5.74, 6) is 0. The van der Waals surface area contributed by atoms with E-state index in [4.69, 9.17) is 9.47 Å². The molecule has 0 heterocycles. The predicted molar refractivity (Wildman–Crippen MR) is 125 cm³/mol. The first-order valence-electron chi connectivity index (χ1n) is 11.1. The monoisotopic (exact) mass is 424 g/mol. The Balaban J connectivity index is 0. The molecule has 0 aliphatic carbocycles. The number of benzene rings is 1. The van der Waals surface area contributed by atoms with Crippen LogP contribution in [0.15, 0.2) is 24.3 Å². The Bertz CT molecular complexity index is 628. The molecule has 0 fully saturated rings. The summed E-state index contributed by atoms with van der Waals surface area (Å²) < 4.78 is 10.6. The van der Waals surface area contributed by atoms with Crippen molar-refractivity contribution in [3.05, 3.63) is 35.4 Å². The second-order valence-electron chi connectivity index (χ2n) is 8.77. The molecule has 1 rings (SSSR count). The van der Waals surface area contributed by atoms with Crippen LogP contribution >= 0.6 is 0 Å². The highest BCUT2D eigenvalue weighted by atomic mass is 16.6. The average Bonchev–Trinajstić information content (AvgIpc) is 2.68. The van der Waals surface area contributed by atoms with Gasteiger partial charge in [0.15, 0.2) is 0 Å². The van der Waals surface area contributed by atoms with Gasteiger partial charge in [-0.3, -0.25) is 0 Å². The number of amides is 2. The number of carbonyl (C=O) groups is 2. The number of hydrogen-bond acceptors (Lipinski definition) is 4. The van der Waals surface area contributed by atoms with E-state index in [0.29, 0.717) is 13.2 Å². The highest BCUT2D eigenvalue weighted by molar-refractivity contribution is 5.69. The average molecular weight is 425 g/mol. The van der Waals surface area contributed by atoms with Gasteiger partial charge in [-0.25, -0.2) is 9.59 Å². The Morgan fingerprint density at radius 2 is 1.20 bits per heavy atom. The van der Waals surface area contributed by atoms with Crippen LogP contribution in [0.4, 0.5) is 9.59 Å². The third-order valence-electron chi connectivity index (χ3n) is 5.10. The summed E-state index contributed by atoms with van der Waals surface area (Å²) in [6, 6.07) is 7.84. The molecule has 0 aromatic heterocycles. The third kappa shape index (κ3) is 9.06. The number of ether oxygens (including phenoxy) is 2. The molecule has 1 aromatic carbocycles. The van der Waals surface area contributed by atoms with Crippen molar-refractivity contribution >= 4 is 12.2 Å². The van der Waals surface area contributed by atoms with E-state index in [0.717, 1.165) is 49.7 Å². The Hall–Kier alpha value is -2.24. The van der Waals surface area contributed by atoms with Crippen LogP contribution in [0.25, 0.3) is 0 Å². The molecule has 0 saturated heterocycles. The first kappa shape index (κ1) is 25.8. The standard InChI is InChI=1S/C24H40N2O4.2H2/c1-7-9-11-16-29-21(27)25-23(3,4)19-14-13-15-20(18-19)24(5,6)26-22(28)30-17-12-10-8-2;;/h13-15,18H,7-12,16-17H2,1-6H3,(H,25,27)(H,26,28);2*1H. The normalized spacial score (nSPS) is 11.7. The summed E-state index contributed by atoms with van der Waals surface area (Å²) in [6.07, 6.45) is 5.15. The number of unbranched alkanes of at least 4 members (excludes halogenated alkanes) is 4. The molecule has 6 nitrogen and oxygen atoms in total. The van der Waals surface area contributed by atoms with Gasteiger partial charge in [-0.2, -0.15) is 0 Å². The van der Waals surface area contributed by atoms with E-state index >= 15 is 0 Å². The van der Waals surface area contributed by atoms with Crippen LogP contribution in [-0.2, 0) is 20.6 Å². The topological polar surface area (TPSA) is 76.7 Å². The van der Waals surface area contributed by atoms with E-state index in [1.165, 1.54) is 0 Å². The number of nitrogens with one attached hydrogen (secondary N) is 2. The van der Waals surface area contributed by atoms with Gasteiger partial charge in [-0.1, -0.05) is 63.8 Å². The van der Waals surface area contributed by atoms with Gasteiger partial charge in [0.25, 0.3) is 0 Å². The summed E-state index contributed by atoms with van der Waals surface area (Å²) in [5, 5.41) is 5.87. The fraction of sp³-hybridized carbons (Fsp3) is 0.667. The lowest BCUT2D eigenvalue weighted by atomic mass is 9.87. The molecule has 0 spiro atoms. The van der Waals surface area contributed by atoms with Crippen molar-refractivity contribution in [2.75, 3.05) is 13.2 Å². The molecule has 0 radical (unpaired) electrons. The summed E-state index contributed by atoms with van der Waals surface area (Å²) in [5.41, 5.74) is 0.622. The van der Waals surface area contributed by atoms with E-state index in [-0.39, 0.29) is 2.85 Å². The van der Waals surface area contributed by atoms with Crippen molar-refractivity contribution in [1.82, 2.24) is 10.6 Å². The second kappa shape index (κ2) is 12.5. The molecule has 6 heteroatoms. The van der Waals surface area contributed by atoms with Gasteiger partial charge in [0, 0.05) is 2.85 Å². The summed E-state index contributed by atoms with van der Waals surface area (Å²) >= 11 is 0. The first-order valence-corrected chi connectivity index (χ1v) is 11.1. The van der Waals surface area contributed by atoms with Gasteiger partial charge >= 0.3 is 12.2 Å². The molecule has 174 valence electrons.